The topological polar surface area (TPSA) is 136 Å². The van der Waals surface area contributed by atoms with E-state index >= 15 is 0 Å². The Morgan fingerprint density at radius 3 is 1.30 bits per heavy atom. The van der Waals surface area contributed by atoms with Crippen molar-refractivity contribution in [2.24, 2.45) is 0 Å². The standard InChI is InChI=1S/C42H44N4O8/c1-51-35-23-37(45(25-35)41(49)53-27-31-9-5-3-6-10-31)39(47)43-33-19-15-29(16-20-33)13-14-30-17-21-34(22-18-30)44-40(48)38-24-36(52-2)26-46(38)42(50)54-28-32-11-7-4-8-12-32/h3-22,35-38H,23-28H2,1-2H3,(H,43,47)(H,44,48)/t35-,36-,37-,38-/m0/s1. The molecular formula is C42H44N4O8. The van der Waals surface area contributed by atoms with Crippen LogP contribution in [0.5, 0.6) is 0 Å². The number of methoxy groups -OCH3 is 2. The van der Waals surface area contributed by atoms with Crippen molar-refractivity contribution < 1.29 is 38.1 Å². The van der Waals surface area contributed by atoms with Crippen LogP contribution in [0.15, 0.2) is 109 Å². The van der Waals surface area contributed by atoms with Crippen molar-refractivity contribution in [2.75, 3.05) is 37.9 Å². The molecule has 280 valence electrons. The summed E-state index contributed by atoms with van der Waals surface area (Å²) in [5.41, 5.74) is 4.72. The third kappa shape index (κ3) is 9.91. The summed E-state index contributed by atoms with van der Waals surface area (Å²) in [6.07, 6.45) is 2.93. The highest BCUT2D eigenvalue weighted by Gasteiger charge is 2.42. The fourth-order valence-electron chi connectivity index (χ4n) is 6.44. The predicted octanol–water partition coefficient (Wildman–Crippen LogP) is 6.59. The molecule has 0 aromatic heterocycles. The second-order valence-electron chi connectivity index (χ2n) is 13.2. The molecule has 2 aliphatic rings. The molecule has 0 bridgehead atoms. The third-order valence-corrected chi connectivity index (χ3v) is 9.50. The van der Waals surface area contributed by atoms with Gasteiger partial charge in [0.15, 0.2) is 0 Å². The summed E-state index contributed by atoms with van der Waals surface area (Å²) in [5.74, 6) is -0.632. The maximum absolute atomic E-state index is 13.3. The van der Waals surface area contributed by atoms with E-state index < -0.39 is 24.3 Å². The fourth-order valence-corrected chi connectivity index (χ4v) is 6.44. The average Bonchev–Trinajstić information content (AvgIpc) is 3.86. The zero-order chi connectivity index (χ0) is 37.9. The number of hydrogen-bond acceptors (Lipinski definition) is 8. The second-order valence-corrected chi connectivity index (χ2v) is 13.2. The minimum absolute atomic E-state index is 0.113. The molecule has 2 saturated heterocycles. The fraction of sp³-hybridized carbons (Fsp3) is 0.286. The molecule has 2 heterocycles. The Hall–Kier alpha value is -5.98. The summed E-state index contributed by atoms with van der Waals surface area (Å²) in [5, 5.41) is 5.84. The lowest BCUT2D eigenvalue weighted by Gasteiger charge is -2.23. The molecule has 54 heavy (non-hydrogen) atoms. The summed E-state index contributed by atoms with van der Waals surface area (Å²) in [6.45, 7) is 0.753. The van der Waals surface area contributed by atoms with Crippen LogP contribution in [0, 0.1) is 0 Å². The van der Waals surface area contributed by atoms with Gasteiger partial charge in [0.1, 0.15) is 25.3 Å². The summed E-state index contributed by atoms with van der Waals surface area (Å²) < 4.78 is 21.9. The van der Waals surface area contributed by atoms with Gasteiger partial charge in [-0.15, -0.1) is 0 Å². The minimum atomic E-state index is -0.730. The molecule has 0 unspecified atom stereocenters. The Bertz CT molecular complexity index is 1770. The molecule has 2 N–H and O–H groups in total. The number of nitrogens with zero attached hydrogens (tertiary/aromatic N) is 2. The molecule has 6 rings (SSSR count). The van der Waals surface area contributed by atoms with Gasteiger partial charge < -0.3 is 29.6 Å². The number of carbonyl (C=O) groups is 4. The third-order valence-electron chi connectivity index (χ3n) is 9.50. The van der Waals surface area contributed by atoms with Gasteiger partial charge in [0.25, 0.3) is 0 Å². The number of rotatable bonds is 12. The molecule has 4 amide bonds. The molecule has 0 saturated carbocycles. The number of hydrogen-bond donors (Lipinski definition) is 2. The Kier molecular flexibility index (Phi) is 12.7. The molecule has 0 spiro atoms. The highest BCUT2D eigenvalue weighted by molar-refractivity contribution is 5.98. The molecule has 4 aromatic rings. The predicted molar refractivity (Wildman–Crippen MR) is 204 cm³/mol. The first-order chi connectivity index (χ1) is 26.3. The maximum Gasteiger partial charge on any atom is 0.410 e. The zero-order valence-corrected chi connectivity index (χ0v) is 30.3. The Morgan fingerprint density at radius 2 is 0.944 bits per heavy atom. The van der Waals surface area contributed by atoms with Crippen LogP contribution in [0.25, 0.3) is 12.2 Å². The molecule has 12 nitrogen and oxygen atoms in total. The van der Waals surface area contributed by atoms with Gasteiger partial charge in [-0.05, 0) is 46.5 Å². The van der Waals surface area contributed by atoms with E-state index in [0.717, 1.165) is 22.3 Å². The zero-order valence-electron chi connectivity index (χ0n) is 30.3. The summed E-state index contributed by atoms with van der Waals surface area (Å²) in [7, 11) is 3.13. The maximum atomic E-state index is 13.3. The SMILES string of the molecule is CO[C@H]1C[C@@H](C(=O)Nc2ccc(C=Cc3ccc(NC(=O)[C@@H]4C[C@H](OC)CN4C(=O)OCc4ccccc4)cc3)cc2)N(C(=O)OCc2ccccc2)C1. The van der Waals surface area contributed by atoms with Crippen molar-refractivity contribution >= 4 is 47.5 Å². The number of nitrogens with one attached hydrogen (secondary N) is 2. The van der Waals surface area contributed by atoms with Crippen molar-refractivity contribution in [1.29, 1.82) is 0 Å². The van der Waals surface area contributed by atoms with Crippen LogP contribution in [0.4, 0.5) is 21.0 Å². The molecule has 4 atom stereocenters. The average molecular weight is 733 g/mol. The number of likely N-dealkylation sites (tertiary alicyclic amines) is 2. The molecule has 4 aromatic carbocycles. The van der Waals surface area contributed by atoms with Gasteiger partial charge in [-0.2, -0.15) is 0 Å². The highest BCUT2D eigenvalue weighted by atomic mass is 16.6. The van der Waals surface area contributed by atoms with Crippen LogP contribution in [-0.4, -0.2) is 85.4 Å². The molecular weight excluding hydrogens is 688 g/mol. The number of carbonyl (C=O) groups excluding carboxylic acids is 4. The van der Waals surface area contributed by atoms with Crippen molar-refractivity contribution in [1.82, 2.24) is 9.80 Å². The van der Waals surface area contributed by atoms with E-state index in [1.807, 2.05) is 97.1 Å². The number of anilines is 2. The van der Waals surface area contributed by atoms with E-state index in [1.165, 1.54) is 9.80 Å². The van der Waals surface area contributed by atoms with Gasteiger partial charge in [0.05, 0.1) is 25.3 Å². The van der Waals surface area contributed by atoms with Crippen molar-refractivity contribution in [3.05, 3.63) is 131 Å². The van der Waals surface area contributed by atoms with Crippen LogP contribution >= 0.6 is 0 Å². The summed E-state index contributed by atoms with van der Waals surface area (Å²) >= 11 is 0. The van der Waals surface area contributed by atoms with Gasteiger partial charge >= 0.3 is 12.2 Å². The van der Waals surface area contributed by atoms with Crippen LogP contribution in [0.3, 0.4) is 0 Å². The van der Waals surface area contributed by atoms with Gasteiger partial charge in [-0.1, -0.05) is 97.1 Å². The number of benzene rings is 4. The lowest BCUT2D eigenvalue weighted by atomic mass is 10.1. The van der Waals surface area contributed by atoms with Crippen molar-refractivity contribution in [3.8, 4) is 0 Å². The molecule has 2 fully saturated rings. The normalized spacial score (nSPS) is 19.4. The Morgan fingerprint density at radius 1 is 0.574 bits per heavy atom. The lowest BCUT2D eigenvalue weighted by Crippen LogP contribution is -2.43. The monoisotopic (exact) mass is 732 g/mol. The van der Waals surface area contributed by atoms with E-state index in [4.69, 9.17) is 18.9 Å². The largest absolute Gasteiger partial charge is 0.445 e. The Balaban J connectivity index is 0.996. The number of ether oxygens (including phenoxy) is 4. The smallest absolute Gasteiger partial charge is 0.410 e. The van der Waals surface area contributed by atoms with Crippen LogP contribution in [0.1, 0.15) is 35.1 Å². The first-order valence-electron chi connectivity index (χ1n) is 17.8. The van der Waals surface area contributed by atoms with E-state index in [9.17, 15) is 19.2 Å². The molecule has 12 heteroatoms. The summed E-state index contributed by atoms with van der Waals surface area (Å²) in [6, 6.07) is 32.0. The Labute approximate surface area is 314 Å². The first-order valence-corrected chi connectivity index (χ1v) is 17.8. The van der Waals surface area contributed by atoms with Gasteiger partial charge in [-0.25, -0.2) is 9.59 Å². The molecule has 0 radical (unpaired) electrons. The van der Waals surface area contributed by atoms with Gasteiger partial charge in [0, 0.05) is 38.4 Å². The number of amides is 4. The van der Waals surface area contributed by atoms with Gasteiger partial charge in [0.2, 0.25) is 11.8 Å². The van der Waals surface area contributed by atoms with Crippen LogP contribution in [-0.2, 0) is 41.8 Å². The van der Waals surface area contributed by atoms with E-state index in [1.54, 1.807) is 38.5 Å². The molecule has 0 aliphatic carbocycles. The van der Waals surface area contributed by atoms with Crippen LogP contribution in [0.2, 0.25) is 0 Å². The van der Waals surface area contributed by atoms with Crippen molar-refractivity contribution in [2.45, 2.75) is 50.3 Å². The summed E-state index contributed by atoms with van der Waals surface area (Å²) in [4.78, 5) is 55.3. The first kappa shape index (κ1) is 37.8. The van der Waals surface area contributed by atoms with Crippen molar-refractivity contribution in [3.63, 3.8) is 0 Å². The highest BCUT2D eigenvalue weighted by Crippen LogP contribution is 2.25. The minimum Gasteiger partial charge on any atom is -0.445 e. The lowest BCUT2D eigenvalue weighted by molar-refractivity contribution is -0.120. The van der Waals surface area contributed by atoms with Gasteiger partial charge in [-0.3, -0.25) is 19.4 Å². The quantitative estimate of drug-likeness (QED) is 0.156. The van der Waals surface area contributed by atoms with E-state index in [0.29, 0.717) is 24.2 Å². The molecule has 2 aliphatic heterocycles. The van der Waals surface area contributed by atoms with E-state index in [2.05, 4.69) is 10.6 Å². The van der Waals surface area contributed by atoms with E-state index in [-0.39, 0.29) is 50.3 Å². The second kappa shape index (κ2) is 18.2. The van der Waals surface area contributed by atoms with Crippen LogP contribution < -0.4 is 10.6 Å².